The predicted molar refractivity (Wildman–Crippen MR) is 94.8 cm³/mol. The van der Waals surface area contributed by atoms with Crippen molar-refractivity contribution in [1.29, 1.82) is 0 Å². The van der Waals surface area contributed by atoms with Gasteiger partial charge in [0.15, 0.2) is 11.5 Å². The summed E-state index contributed by atoms with van der Waals surface area (Å²) in [6.07, 6.45) is -0.619. The van der Waals surface area contributed by atoms with Crippen LogP contribution in [0.3, 0.4) is 0 Å². The number of benzene rings is 2. The van der Waals surface area contributed by atoms with Crippen molar-refractivity contribution in [3.05, 3.63) is 59.9 Å². The number of ether oxygens (including phenoxy) is 2. The lowest BCUT2D eigenvalue weighted by molar-refractivity contribution is 0.103. The SMILES string of the molecule is C[C@@H](c1cc2ccccc2o1)N(C)C[C@H](O)c1ccc2c(c1)OCO2. The van der Waals surface area contributed by atoms with Gasteiger partial charge in [0.2, 0.25) is 6.79 Å². The van der Waals surface area contributed by atoms with Gasteiger partial charge in [-0.05, 0) is 43.8 Å². The van der Waals surface area contributed by atoms with Gasteiger partial charge in [0.25, 0.3) is 0 Å². The van der Waals surface area contributed by atoms with Gasteiger partial charge in [0, 0.05) is 11.9 Å². The van der Waals surface area contributed by atoms with Crippen LogP contribution >= 0.6 is 0 Å². The van der Waals surface area contributed by atoms with Gasteiger partial charge in [0.1, 0.15) is 11.3 Å². The van der Waals surface area contributed by atoms with Gasteiger partial charge in [-0.15, -0.1) is 0 Å². The lowest BCUT2D eigenvalue weighted by Crippen LogP contribution is -2.27. The molecule has 1 aromatic heterocycles. The molecule has 0 fully saturated rings. The number of aliphatic hydroxyl groups is 1. The van der Waals surface area contributed by atoms with Gasteiger partial charge < -0.3 is 19.0 Å². The molecule has 2 aromatic carbocycles. The number of hydrogen-bond donors (Lipinski definition) is 1. The molecule has 4 rings (SSSR count). The number of rotatable bonds is 5. The van der Waals surface area contributed by atoms with Crippen molar-refractivity contribution in [1.82, 2.24) is 4.90 Å². The summed E-state index contributed by atoms with van der Waals surface area (Å²) in [7, 11) is 1.98. The molecular formula is C20H21NO4. The van der Waals surface area contributed by atoms with E-state index < -0.39 is 6.10 Å². The zero-order valence-corrected chi connectivity index (χ0v) is 14.3. The first-order valence-electron chi connectivity index (χ1n) is 8.38. The minimum absolute atomic E-state index is 0.0519. The molecule has 3 aromatic rings. The Kier molecular flexibility index (Phi) is 4.11. The van der Waals surface area contributed by atoms with E-state index in [-0.39, 0.29) is 12.8 Å². The maximum Gasteiger partial charge on any atom is 0.231 e. The summed E-state index contributed by atoms with van der Waals surface area (Å²) in [5.74, 6) is 2.30. The van der Waals surface area contributed by atoms with Crippen LogP contribution in [-0.4, -0.2) is 30.4 Å². The molecule has 0 spiro atoms. The third-order valence-electron chi connectivity index (χ3n) is 4.76. The fourth-order valence-corrected chi connectivity index (χ4v) is 3.08. The number of likely N-dealkylation sites (N-methyl/N-ethyl adjacent to an activating group) is 1. The van der Waals surface area contributed by atoms with Crippen molar-refractivity contribution in [2.24, 2.45) is 0 Å². The Morgan fingerprint density at radius 2 is 1.88 bits per heavy atom. The minimum Gasteiger partial charge on any atom is -0.459 e. The Labute approximate surface area is 146 Å². The maximum absolute atomic E-state index is 10.6. The van der Waals surface area contributed by atoms with E-state index in [0.717, 1.165) is 28.0 Å². The molecule has 2 atom stereocenters. The lowest BCUT2D eigenvalue weighted by atomic mass is 10.1. The van der Waals surface area contributed by atoms with Gasteiger partial charge in [-0.2, -0.15) is 0 Å². The van der Waals surface area contributed by atoms with Crippen LogP contribution in [0.25, 0.3) is 11.0 Å². The monoisotopic (exact) mass is 339 g/mol. The number of furan rings is 1. The maximum atomic E-state index is 10.6. The van der Waals surface area contributed by atoms with Gasteiger partial charge >= 0.3 is 0 Å². The Morgan fingerprint density at radius 1 is 1.08 bits per heavy atom. The van der Waals surface area contributed by atoms with E-state index in [1.165, 1.54) is 0 Å². The fraction of sp³-hybridized carbons (Fsp3) is 0.300. The van der Waals surface area contributed by atoms with Crippen LogP contribution in [0, 0.1) is 0 Å². The molecule has 0 saturated heterocycles. The Hall–Kier alpha value is -2.50. The smallest absolute Gasteiger partial charge is 0.231 e. The van der Waals surface area contributed by atoms with Gasteiger partial charge in [-0.1, -0.05) is 24.3 Å². The van der Waals surface area contributed by atoms with Crippen molar-refractivity contribution < 1.29 is 19.0 Å². The molecule has 5 nitrogen and oxygen atoms in total. The highest BCUT2D eigenvalue weighted by molar-refractivity contribution is 5.77. The zero-order valence-electron chi connectivity index (χ0n) is 14.3. The van der Waals surface area contributed by atoms with Crippen LogP contribution in [0.1, 0.15) is 30.4 Å². The third-order valence-corrected chi connectivity index (χ3v) is 4.76. The molecule has 5 heteroatoms. The van der Waals surface area contributed by atoms with E-state index in [1.54, 1.807) is 0 Å². The van der Waals surface area contributed by atoms with Crippen molar-refractivity contribution in [3.63, 3.8) is 0 Å². The standard InChI is InChI=1S/C20H21NO4/c1-13(19-10-15-5-3-4-6-17(15)25-19)21(2)11-16(22)14-7-8-18-20(9-14)24-12-23-18/h3-10,13,16,22H,11-12H2,1-2H3/t13-,16-/m0/s1. The van der Waals surface area contributed by atoms with Crippen molar-refractivity contribution in [2.75, 3.05) is 20.4 Å². The van der Waals surface area contributed by atoms with E-state index in [2.05, 4.69) is 17.9 Å². The third kappa shape index (κ3) is 3.08. The molecule has 1 aliphatic heterocycles. The first-order chi connectivity index (χ1) is 12.1. The average Bonchev–Trinajstić information content (AvgIpc) is 3.26. The largest absolute Gasteiger partial charge is 0.459 e. The van der Waals surface area contributed by atoms with Gasteiger partial charge in [-0.25, -0.2) is 0 Å². The Bertz CT molecular complexity index is 855. The van der Waals surface area contributed by atoms with Crippen molar-refractivity contribution in [3.8, 4) is 11.5 Å². The quantitative estimate of drug-likeness (QED) is 0.764. The molecule has 0 saturated carbocycles. The second-order valence-corrected chi connectivity index (χ2v) is 6.43. The van der Waals surface area contributed by atoms with Crippen molar-refractivity contribution in [2.45, 2.75) is 19.1 Å². The van der Waals surface area contributed by atoms with Gasteiger partial charge in [0.05, 0.1) is 12.1 Å². The first kappa shape index (κ1) is 16.0. The summed E-state index contributed by atoms with van der Waals surface area (Å²) in [4.78, 5) is 2.08. The number of para-hydroxylation sites is 1. The van der Waals surface area contributed by atoms with E-state index in [1.807, 2.05) is 49.5 Å². The van der Waals surface area contributed by atoms with Crippen LogP contribution in [0.4, 0.5) is 0 Å². The van der Waals surface area contributed by atoms with E-state index in [9.17, 15) is 5.11 Å². The molecule has 25 heavy (non-hydrogen) atoms. The van der Waals surface area contributed by atoms with E-state index in [0.29, 0.717) is 12.3 Å². The molecule has 1 aliphatic rings. The number of hydrogen-bond acceptors (Lipinski definition) is 5. The van der Waals surface area contributed by atoms with Crippen LogP contribution in [-0.2, 0) is 0 Å². The fourth-order valence-electron chi connectivity index (χ4n) is 3.08. The molecule has 0 radical (unpaired) electrons. The Morgan fingerprint density at radius 3 is 2.72 bits per heavy atom. The van der Waals surface area contributed by atoms with E-state index >= 15 is 0 Å². The highest BCUT2D eigenvalue weighted by Gasteiger charge is 2.21. The van der Waals surface area contributed by atoms with Crippen molar-refractivity contribution >= 4 is 11.0 Å². The zero-order chi connectivity index (χ0) is 17.4. The minimum atomic E-state index is -0.619. The molecule has 0 bridgehead atoms. The predicted octanol–water partition coefficient (Wildman–Crippen LogP) is 3.89. The van der Waals surface area contributed by atoms with Crippen LogP contribution < -0.4 is 9.47 Å². The molecule has 0 unspecified atom stereocenters. The second-order valence-electron chi connectivity index (χ2n) is 6.43. The average molecular weight is 339 g/mol. The molecule has 1 N–H and O–H groups in total. The molecule has 2 heterocycles. The normalized spacial score (nSPS) is 15.7. The number of aliphatic hydroxyl groups excluding tert-OH is 1. The molecule has 0 amide bonds. The molecule has 0 aliphatic carbocycles. The van der Waals surface area contributed by atoms with Gasteiger partial charge in [-0.3, -0.25) is 4.90 Å². The summed E-state index contributed by atoms with van der Waals surface area (Å²) in [5, 5.41) is 11.7. The summed E-state index contributed by atoms with van der Waals surface area (Å²) < 4.78 is 16.6. The summed E-state index contributed by atoms with van der Waals surface area (Å²) in [6, 6.07) is 15.6. The van der Waals surface area contributed by atoms with Crippen LogP contribution in [0.15, 0.2) is 52.9 Å². The summed E-state index contributed by atoms with van der Waals surface area (Å²) in [6.45, 7) is 2.79. The number of fused-ring (bicyclic) bond motifs is 2. The van der Waals surface area contributed by atoms with E-state index in [4.69, 9.17) is 13.9 Å². The highest BCUT2D eigenvalue weighted by atomic mass is 16.7. The highest BCUT2D eigenvalue weighted by Crippen LogP contribution is 2.35. The first-order valence-corrected chi connectivity index (χ1v) is 8.38. The van der Waals surface area contributed by atoms with Crippen LogP contribution in [0.5, 0.6) is 11.5 Å². The second kappa shape index (κ2) is 6.43. The molecular weight excluding hydrogens is 318 g/mol. The lowest BCUT2D eigenvalue weighted by Gasteiger charge is -2.25. The number of nitrogens with zero attached hydrogens (tertiary/aromatic N) is 1. The Balaban J connectivity index is 1.47. The summed E-state index contributed by atoms with van der Waals surface area (Å²) >= 11 is 0. The molecule has 130 valence electrons. The topological polar surface area (TPSA) is 55.1 Å². The summed E-state index contributed by atoms with van der Waals surface area (Å²) in [5.41, 5.74) is 1.70. The van der Waals surface area contributed by atoms with Crippen LogP contribution in [0.2, 0.25) is 0 Å².